The zero-order valence-electron chi connectivity index (χ0n) is 16.2. The topological polar surface area (TPSA) is 72.5 Å². The average molecular weight is 395 g/mol. The lowest BCUT2D eigenvalue weighted by Gasteiger charge is -2.12. The zero-order chi connectivity index (χ0) is 20.6. The number of amides is 1. The predicted octanol–water partition coefficient (Wildman–Crippen LogP) is 4.14. The highest BCUT2D eigenvalue weighted by Crippen LogP contribution is 2.29. The predicted molar refractivity (Wildman–Crippen MR) is 110 cm³/mol. The Kier molecular flexibility index (Phi) is 6.63. The Balaban J connectivity index is 1.64. The molecule has 0 aliphatic heterocycles. The molecule has 6 nitrogen and oxygen atoms in total. The number of aromatic nitrogens is 1. The highest BCUT2D eigenvalue weighted by molar-refractivity contribution is 6.05. The number of anilines is 2. The van der Waals surface area contributed by atoms with E-state index < -0.39 is 0 Å². The third-order valence-corrected chi connectivity index (χ3v) is 4.31. The normalized spacial score (nSPS) is 10.3. The largest absolute Gasteiger partial charge is 0.497 e. The van der Waals surface area contributed by atoms with Gasteiger partial charge in [0, 0.05) is 25.0 Å². The number of pyridine rings is 1. The van der Waals surface area contributed by atoms with Crippen molar-refractivity contribution in [1.29, 1.82) is 0 Å². The average Bonchev–Trinajstić information content (AvgIpc) is 2.75. The zero-order valence-corrected chi connectivity index (χ0v) is 16.2. The van der Waals surface area contributed by atoms with Crippen LogP contribution in [0.4, 0.5) is 15.8 Å². The maximum atomic E-state index is 13.0. The molecule has 1 amide bonds. The molecule has 29 heavy (non-hydrogen) atoms. The van der Waals surface area contributed by atoms with E-state index in [0.717, 1.165) is 17.7 Å². The Hall–Kier alpha value is -3.61. The van der Waals surface area contributed by atoms with Gasteiger partial charge in [0.05, 0.1) is 31.2 Å². The molecule has 0 saturated heterocycles. The number of rotatable bonds is 8. The fraction of sp³-hybridized carbons (Fsp3) is 0.182. The van der Waals surface area contributed by atoms with Gasteiger partial charge in [-0.3, -0.25) is 9.78 Å². The van der Waals surface area contributed by atoms with Crippen LogP contribution in [0, 0.1) is 5.82 Å². The van der Waals surface area contributed by atoms with Crippen LogP contribution >= 0.6 is 0 Å². The minimum atomic E-state index is -0.314. The molecule has 1 heterocycles. The van der Waals surface area contributed by atoms with E-state index in [1.165, 1.54) is 25.4 Å². The van der Waals surface area contributed by atoms with E-state index in [4.69, 9.17) is 9.47 Å². The summed E-state index contributed by atoms with van der Waals surface area (Å²) in [5.41, 5.74) is 2.65. The fourth-order valence-electron chi connectivity index (χ4n) is 2.77. The fourth-order valence-corrected chi connectivity index (χ4v) is 2.77. The van der Waals surface area contributed by atoms with Crippen molar-refractivity contribution in [2.75, 3.05) is 31.4 Å². The minimum absolute atomic E-state index is 0.253. The van der Waals surface area contributed by atoms with Crippen LogP contribution in [0.25, 0.3) is 0 Å². The lowest BCUT2D eigenvalue weighted by molar-refractivity contribution is 0.102. The number of nitrogens with one attached hydrogen (secondary N) is 2. The van der Waals surface area contributed by atoms with Gasteiger partial charge in [0.1, 0.15) is 17.3 Å². The van der Waals surface area contributed by atoms with Gasteiger partial charge in [-0.05, 0) is 42.3 Å². The molecule has 7 heteroatoms. The van der Waals surface area contributed by atoms with Crippen LogP contribution in [0.2, 0.25) is 0 Å². The number of nitrogens with zero attached hydrogens (tertiary/aromatic N) is 1. The molecule has 0 aliphatic rings. The Morgan fingerprint density at radius 2 is 1.83 bits per heavy atom. The molecule has 1 aromatic heterocycles. The van der Waals surface area contributed by atoms with Gasteiger partial charge in [0.25, 0.3) is 5.91 Å². The maximum Gasteiger partial charge on any atom is 0.257 e. The number of halogens is 1. The third-order valence-electron chi connectivity index (χ3n) is 4.31. The van der Waals surface area contributed by atoms with E-state index in [2.05, 4.69) is 15.6 Å². The molecule has 3 rings (SSSR count). The molecule has 2 aromatic carbocycles. The van der Waals surface area contributed by atoms with E-state index in [9.17, 15) is 9.18 Å². The summed E-state index contributed by atoms with van der Waals surface area (Å²) in [6.07, 6.45) is 3.86. The lowest BCUT2D eigenvalue weighted by atomic mass is 10.1. The van der Waals surface area contributed by atoms with E-state index in [1.54, 1.807) is 49.7 Å². The smallest absolute Gasteiger partial charge is 0.257 e. The van der Waals surface area contributed by atoms with Crippen molar-refractivity contribution in [3.63, 3.8) is 0 Å². The first-order valence-corrected chi connectivity index (χ1v) is 9.06. The number of carbonyl (C=O) groups is 1. The standard InChI is InChI=1S/C22H22FN3O3/c1-28-19-7-8-21(29-2)20(12-19)26-22(27)16-11-18(14-24-13-16)25-10-9-15-3-5-17(23)6-4-15/h3-8,11-14,25H,9-10H2,1-2H3,(H,26,27). The van der Waals surface area contributed by atoms with E-state index in [0.29, 0.717) is 29.3 Å². The van der Waals surface area contributed by atoms with Gasteiger partial charge < -0.3 is 20.1 Å². The number of methoxy groups -OCH3 is 2. The van der Waals surface area contributed by atoms with Crippen molar-refractivity contribution < 1.29 is 18.7 Å². The summed E-state index contributed by atoms with van der Waals surface area (Å²) >= 11 is 0. The Morgan fingerprint density at radius 1 is 1.03 bits per heavy atom. The first-order valence-electron chi connectivity index (χ1n) is 9.06. The van der Waals surface area contributed by atoms with Crippen LogP contribution in [-0.2, 0) is 6.42 Å². The van der Waals surface area contributed by atoms with Crippen LogP contribution in [-0.4, -0.2) is 31.7 Å². The van der Waals surface area contributed by atoms with Crippen LogP contribution in [0.5, 0.6) is 11.5 Å². The van der Waals surface area contributed by atoms with Crippen LogP contribution in [0.1, 0.15) is 15.9 Å². The number of ether oxygens (including phenoxy) is 2. The van der Waals surface area contributed by atoms with Crippen LogP contribution in [0.3, 0.4) is 0 Å². The van der Waals surface area contributed by atoms with Gasteiger partial charge in [-0.15, -0.1) is 0 Å². The Labute approximate surface area is 168 Å². The molecule has 0 aliphatic carbocycles. The first kappa shape index (κ1) is 20.1. The van der Waals surface area contributed by atoms with E-state index >= 15 is 0 Å². The second-order valence-electron chi connectivity index (χ2n) is 6.29. The summed E-state index contributed by atoms with van der Waals surface area (Å²) in [5, 5.41) is 6.05. The molecule has 0 fully saturated rings. The van der Waals surface area contributed by atoms with E-state index in [1.807, 2.05) is 0 Å². The highest BCUT2D eigenvalue weighted by Gasteiger charge is 2.12. The number of benzene rings is 2. The van der Waals surface area contributed by atoms with Crippen molar-refractivity contribution in [2.24, 2.45) is 0 Å². The molecular weight excluding hydrogens is 373 g/mol. The second-order valence-corrected chi connectivity index (χ2v) is 6.29. The number of hydrogen-bond donors (Lipinski definition) is 2. The Morgan fingerprint density at radius 3 is 2.55 bits per heavy atom. The molecule has 3 aromatic rings. The van der Waals surface area contributed by atoms with Gasteiger partial charge in [-0.1, -0.05) is 12.1 Å². The molecular formula is C22H22FN3O3. The van der Waals surface area contributed by atoms with E-state index in [-0.39, 0.29) is 11.7 Å². The van der Waals surface area contributed by atoms with Gasteiger partial charge in [0.2, 0.25) is 0 Å². The van der Waals surface area contributed by atoms with Crippen molar-refractivity contribution >= 4 is 17.3 Å². The van der Waals surface area contributed by atoms with Crippen molar-refractivity contribution in [3.05, 3.63) is 77.9 Å². The quantitative estimate of drug-likeness (QED) is 0.600. The molecule has 2 N–H and O–H groups in total. The minimum Gasteiger partial charge on any atom is -0.497 e. The van der Waals surface area contributed by atoms with Crippen molar-refractivity contribution in [2.45, 2.75) is 6.42 Å². The van der Waals surface area contributed by atoms with Crippen molar-refractivity contribution in [1.82, 2.24) is 4.98 Å². The van der Waals surface area contributed by atoms with Gasteiger partial charge in [0.15, 0.2) is 0 Å². The molecule has 0 atom stereocenters. The summed E-state index contributed by atoms with van der Waals surface area (Å²) in [4.78, 5) is 16.8. The molecule has 150 valence electrons. The van der Waals surface area contributed by atoms with Crippen LogP contribution in [0.15, 0.2) is 60.9 Å². The van der Waals surface area contributed by atoms with Gasteiger partial charge in [-0.25, -0.2) is 4.39 Å². The number of hydrogen-bond acceptors (Lipinski definition) is 5. The Bertz CT molecular complexity index is 977. The summed E-state index contributed by atoms with van der Waals surface area (Å²) < 4.78 is 23.4. The summed E-state index contributed by atoms with van der Waals surface area (Å²) in [6, 6.07) is 13.3. The summed E-state index contributed by atoms with van der Waals surface area (Å²) in [5.74, 6) is 0.569. The summed E-state index contributed by atoms with van der Waals surface area (Å²) in [7, 11) is 3.09. The molecule has 0 bridgehead atoms. The molecule has 0 unspecified atom stereocenters. The lowest BCUT2D eigenvalue weighted by Crippen LogP contribution is -2.14. The second kappa shape index (κ2) is 9.54. The summed E-state index contributed by atoms with van der Waals surface area (Å²) in [6.45, 7) is 0.627. The first-order chi connectivity index (χ1) is 14.1. The number of carbonyl (C=O) groups excluding carboxylic acids is 1. The monoisotopic (exact) mass is 395 g/mol. The molecule has 0 saturated carbocycles. The third kappa shape index (κ3) is 5.44. The maximum absolute atomic E-state index is 13.0. The highest BCUT2D eigenvalue weighted by atomic mass is 19.1. The molecule has 0 spiro atoms. The van der Waals surface area contributed by atoms with Gasteiger partial charge in [-0.2, -0.15) is 0 Å². The van der Waals surface area contributed by atoms with Crippen molar-refractivity contribution in [3.8, 4) is 11.5 Å². The van der Waals surface area contributed by atoms with Gasteiger partial charge >= 0.3 is 0 Å². The SMILES string of the molecule is COc1ccc(OC)c(NC(=O)c2cncc(NCCc3ccc(F)cc3)c2)c1. The van der Waals surface area contributed by atoms with Crippen LogP contribution < -0.4 is 20.1 Å². The molecule has 0 radical (unpaired) electrons.